The Balaban J connectivity index is 2.62. The van der Waals surface area contributed by atoms with Crippen molar-refractivity contribution in [1.29, 1.82) is 0 Å². The topological polar surface area (TPSA) is 24.1 Å². The largest absolute Gasteiger partial charge is 0.362 e. The van der Waals surface area contributed by atoms with Crippen molar-refractivity contribution >= 4 is 23.0 Å². The van der Waals surface area contributed by atoms with Crippen LogP contribution < -0.4 is 10.6 Å². The molecule has 0 unspecified atom stereocenters. The van der Waals surface area contributed by atoms with Crippen LogP contribution in [0.25, 0.3) is 0 Å². The van der Waals surface area contributed by atoms with Crippen molar-refractivity contribution in [3.8, 4) is 0 Å². The van der Waals surface area contributed by atoms with Gasteiger partial charge in [0.2, 0.25) is 0 Å². The second-order valence-electron chi connectivity index (χ2n) is 3.82. The summed E-state index contributed by atoms with van der Waals surface area (Å²) in [6, 6.07) is 2.25. The van der Waals surface area contributed by atoms with Gasteiger partial charge in [-0.25, -0.2) is 8.78 Å². The van der Waals surface area contributed by atoms with E-state index in [-0.39, 0.29) is 11.3 Å². The van der Waals surface area contributed by atoms with E-state index in [0.29, 0.717) is 5.11 Å². The van der Waals surface area contributed by atoms with Crippen LogP contribution in [-0.4, -0.2) is 11.7 Å². The molecule has 0 saturated heterocycles. The fourth-order valence-electron chi connectivity index (χ4n) is 1.29. The highest BCUT2D eigenvalue weighted by Gasteiger charge is 2.08. The van der Waals surface area contributed by atoms with Crippen LogP contribution in [-0.2, 0) is 0 Å². The van der Waals surface area contributed by atoms with Gasteiger partial charge in [-0.05, 0) is 37.2 Å². The van der Waals surface area contributed by atoms with Crippen molar-refractivity contribution in [2.45, 2.75) is 26.7 Å². The molecule has 0 aliphatic heterocycles. The maximum atomic E-state index is 13.5. The summed E-state index contributed by atoms with van der Waals surface area (Å²) in [5.74, 6) is -0.964. The highest BCUT2D eigenvalue weighted by Crippen LogP contribution is 2.18. The quantitative estimate of drug-likeness (QED) is 0.639. The van der Waals surface area contributed by atoms with Crippen LogP contribution in [0, 0.1) is 18.6 Å². The number of anilines is 1. The molecule has 0 fully saturated rings. The number of halogens is 2. The minimum atomic E-state index is -0.511. The number of benzene rings is 1. The number of hydrogen-bond donors (Lipinski definition) is 2. The summed E-state index contributed by atoms with van der Waals surface area (Å²) in [7, 11) is 0. The van der Waals surface area contributed by atoms with Crippen molar-refractivity contribution in [2.75, 3.05) is 11.9 Å². The van der Waals surface area contributed by atoms with Gasteiger partial charge in [-0.3, -0.25) is 0 Å². The molecule has 94 valence electrons. The molecule has 0 amide bonds. The molecule has 0 heterocycles. The van der Waals surface area contributed by atoms with Crippen molar-refractivity contribution in [1.82, 2.24) is 5.32 Å². The van der Waals surface area contributed by atoms with Gasteiger partial charge in [0.05, 0.1) is 5.69 Å². The Kier molecular flexibility index (Phi) is 5.28. The van der Waals surface area contributed by atoms with Gasteiger partial charge in [0, 0.05) is 12.6 Å². The Morgan fingerprint density at radius 3 is 2.65 bits per heavy atom. The lowest BCUT2D eigenvalue weighted by atomic mass is 10.2. The van der Waals surface area contributed by atoms with E-state index in [2.05, 4.69) is 17.6 Å². The summed E-state index contributed by atoms with van der Waals surface area (Å²) in [6.45, 7) is 4.30. The Morgan fingerprint density at radius 2 is 2.00 bits per heavy atom. The highest BCUT2D eigenvalue weighted by molar-refractivity contribution is 7.80. The molecular weight excluding hydrogens is 242 g/mol. The monoisotopic (exact) mass is 258 g/mol. The zero-order valence-electron chi connectivity index (χ0n) is 9.94. The van der Waals surface area contributed by atoms with Gasteiger partial charge in [-0.15, -0.1) is 0 Å². The molecule has 0 spiro atoms. The molecule has 2 N–H and O–H groups in total. The van der Waals surface area contributed by atoms with E-state index >= 15 is 0 Å². The minimum Gasteiger partial charge on any atom is -0.362 e. The Hall–Kier alpha value is -1.23. The molecule has 1 aromatic carbocycles. The Bertz CT molecular complexity index is 408. The first-order valence-corrected chi connectivity index (χ1v) is 5.96. The average molecular weight is 258 g/mol. The van der Waals surface area contributed by atoms with Crippen LogP contribution in [0.15, 0.2) is 12.1 Å². The second-order valence-corrected chi connectivity index (χ2v) is 4.22. The van der Waals surface area contributed by atoms with Crippen molar-refractivity contribution in [2.24, 2.45) is 0 Å². The standard InChI is InChI=1S/C12H16F2N2S/c1-3-4-5-15-12(17)16-11-7-9(13)8(2)6-10(11)14/h6-7H,3-5H2,1-2H3,(H2,15,16,17). The first-order chi connectivity index (χ1) is 8.04. The molecule has 17 heavy (non-hydrogen) atoms. The van der Waals surface area contributed by atoms with Gasteiger partial charge in [-0.2, -0.15) is 0 Å². The molecule has 0 aliphatic rings. The summed E-state index contributed by atoms with van der Waals surface area (Å²) in [5, 5.41) is 5.87. The molecule has 5 heteroatoms. The SMILES string of the molecule is CCCCNC(=S)Nc1cc(F)c(C)cc1F. The van der Waals surface area contributed by atoms with Crippen LogP contribution in [0.3, 0.4) is 0 Å². The number of hydrogen-bond acceptors (Lipinski definition) is 1. The lowest BCUT2D eigenvalue weighted by Gasteiger charge is -2.11. The molecule has 0 radical (unpaired) electrons. The van der Waals surface area contributed by atoms with Crippen LogP contribution >= 0.6 is 12.2 Å². The van der Waals surface area contributed by atoms with E-state index in [1.54, 1.807) is 0 Å². The van der Waals surface area contributed by atoms with E-state index in [0.717, 1.165) is 31.5 Å². The number of nitrogens with one attached hydrogen (secondary N) is 2. The fraction of sp³-hybridized carbons (Fsp3) is 0.417. The van der Waals surface area contributed by atoms with Gasteiger partial charge in [0.15, 0.2) is 5.11 Å². The maximum absolute atomic E-state index is 13.5. The predicted octanol–water partition coefficient (Wildman–Crippen LogP) is 3.36. The highest BCUT2D eigenvalue weighted by atomic mass is 32.1. The molecule has 0 saturated carbocycles. The smallest absolute Gasteiger partial charge is 0.170 e. The maximum Gasteiger partial charge on any atom is 0.170 e. The summed E-state index contributed by atoms with van der Waals surface area (Å²) >= 11 is 4.97. The summed E-state index contributed by atoms with van der Waals surface area (Å²) in [4.78, 5) is 0. The summed E-state index contributed by atoms with van der Waals surface area (Å²) in [6.07, 6.45) is 2.02. The Labute approximate surface area is 105 Å². The van der Waals surface area contributed by atoms with Crippen molar-refractivity contribution < 1.29 is 8.78 Å². The average Bonchev–Trinajstić information content (AvgIpc) is 2.26. The van der Waals surface area contributed by atoms with E-state index < -0.39 is 11.6 Å². The van der Waals surface area contributed by atoms with E-state index in [4.69, 9.17) is 12.2 Å². The number of thiocarbonyl (C=S) groups is 1. The normalized spacial score (nSPS) is 10.1. The molecule has 2 nitrogen and oxygen atoms in total. The molecule has 0 atom stereocenters. The third-order valence-electron chi connectivity index (χ3n) is 2.31. The molecule has 1 aromatic rings. The van der Waals surface area contributed by atoms with Crippen LogP contribution in [0.2, 0.25) is 0 Å². The minimum absolute atomic E-state index is 0.0575. The molecular formula is C12H16F2N2S. The third-order valence-corrected chi connectivity index (χ3v) is 2.56. The fourth-order valence-corrected chi connectivity index (χ4v) is 1.50. The van der Waals surface area contributed by atoms with Crippen molar-refractivity contribution in [3.63, 3.8) is 0 Å². The molecule has 0 aliphatic carbocycles. The number of unbranched alkanes of at least 4 members (excludes halogenated alkanes) is 1. The molecule has 1 rings (SSSR count). The zero-order valence-corrected chi connectivity index (χ0v) is 10.8. The zero-order chi connectivity index (χ0) is 12.8. The third kappa shape index (κ3) is 4.26. The first-order valence-electron chi connectivity index (χ1n) is 5.55. The number of rotatable bonds is 4. The lowest BCUT2D eigenvalue weighted by Crippen LogP contribution is -2.29. The number of aryl methyl sites for hydroxylation is 1. The van der Waals surface area contributed by atoms with Gasteiger partial charge in [0.1, 0.15) is 11.6 Å². The van der Waals surface area contributed by atoms with E-state index in [1.807, 2.05) is 0 Å². The Morgan fingerprint density at radius 1 is 1.29 bits per heavy atom. The predicted molar refractivity (Wildman–Crippen MR) is 70.2 cm³/mol. The van der Waals surface area contributed by atoms with Crippen LogP contribution in [0.4, 0.5) is 14.5 Å². The van der Waals surface area contributed by atoms with Gasteiger partial charge < -0.3 is 10.6 Å². The second kappa shape index (κ2) is 6.49. The van der Waals surface area contributed by atoms with Gasteiger partial charge >= 0.3 is 0 Å². The lowest BCUT2D eigenvalue weighted by molar-refractivity contribution is 0.596. The van der Waals surface area contributed by atoms with Crippen molar-refractivity contribution in [3.05, 3.63) is 29.3 Å². The van der Waals surface area contributed by atoms with E-state index in [1.165, 1.54) is 6.92 Å². The molecule has 0 bridgehead atoms. The van der Waals surface area contributed by atoms with Gasteiger partial charge in [-0.1, -0.05) is 13.3 Å². The summed E-state index contributed by atoms with van der Waals surface area (Å²) < 4.78 is 26.7. The van der Waals surface area contributed by atoms with Gasteiger partial charge in [0.25, 0.3) is 0 Å². The first kappa shape index (κ1) is 13.8. The molecule has 0 aromatic heterocycles. The summed E-state index contributed by atoms with van der Waals surface area (Å²) in [5.41, 5.74) is 0.333. The van der Waals surface area contributed by atoms with E-state index in [9.17, 15) is 8.78 Å². The van der Waals surface area contributed by atoms with Crippen LogP contribution in [0.5, 0.6) is 0 Å². The van der Waals surface area contributed by atoms with Crippen LogP contribution in [0.1, 0.15) is 25.3 Å².